The molecule has 0 aliphatic rings. The van der Waals surface area contributed by atoms with Crippen molar-refractivity contribution < 1.29 is 5.32 Å². The summed E-state index contributed by atoms with van der Waals surface area (Å²) in [4.78, 5) is 0. The van der Waals surface area contributed by atoms with Crippen molar-refractivity contribution in [2.45, 2.75) is 6.92 Å². The molecule has 3 heteroatoms. The van der Waals surface area contributed by atoms with Crippen molar-refractivity contribution in [3.63, 3.8) is 0 Å². The van der Waals surface area contributed by atoms with Crippen molar-refractivity contribution >= 4 is 5.84 Å². The molecule has 3 nitrogen and oxygen atoms in total. The van der Waals surface area contributed by atoms with Crippen molar-refractivity contribution in [1.82, 2.24) is 0 Å². The quantitative estimate of drug-likeness (QED) is 0.320. The summed E-state index contributed by atoms with van der Waals surface area (Å²) in [5.74, 6) is 0.106. The van der Waals surface area contributed by atoms with E-state index in [0.29, 0.717) is 0 Å². The Balaban J connectivity index is 3.20. The van der Waals surface area contributed by atoms with Crippen molar-refractivity contribution in [1.29, 1.82) is 5.41 Å². The van der Waals surface area contributed by atoms with Crippen LogP contribution in [-0.4, -0.2) is 12.4 Å². The van der Waals surface area contributed by atoms with Crippen LogP contribution in [0.2, 0.25) is 0 Å². The summed E-state index contributed by atoms with van der Waals surface area (Å²) < 4.78 is 0. The van der Waals surface area contributed by atoms with E-state index in [1.54, 1.807) is 12.3 Å². The molecule has 0 bridgehead atoms. The molecule has 0 fully saturated rings. The van der Waals surface area contributed by atoms with Gasteiger partial charge in [-0.3, -0.25) is 5.41 Å². The van der Waals surface area contributed by atoms with Gasteiger partial charge in [0.1, 0.15) is 5.84 Å². The van der Waals surface area contributed by atoms with Crippen LogP contribution in [0.15, 0.2) is 12.3 Å². The zero-order valence-electron chi connectivity index (χ0n) is 5.02. The fraction of sp³-hybridized carbons (Fsp3) is 0.400. The van der Waals surface area contributed by atoms with E-state index in [4.69, 9.17) is 11.1 Å². The predicted molar refractivity (Wildman–Crippen MR) is 33.5 cm³/mol. The minimum absolute atomic E-state index is 0.106. The molecule has 0 aromatic rings. The van der Waals surface area contributed by atoms with Gasteiger partial charge in [0.25, 0.3) is 0 Å². The maximum atomic E-state index is 6.74. The van der Waals surface area contributed by atoms with E-state index in [1.807, 2.05) is 12.2 Å². The van der Waals surface area contributed by atoms with Crippen LogP contribution in [0, 0.1) is 5.41 Å². The van der Waals surface area contributed by atoms with Gasteiger partial charge in [0.2, 0.25) is 0 Å². The second-order valence-corrected chi connectivity index (χ2v) is 1.46. The molecule has 0 aliphatic carbocycles. The summed E-state index contributed by atoms with van der Waals surface area (Å²) in [6.45, 7) is 3.02. The minimum Gasteiger partial charge on any atom is -0.384 e. The molecular formula is C5H12N3+. The Bertz CT molecular complexity index is 95.8. The SMILES string of the molecule is CC[NH2+]C=CC(=N)N. The number of amidine groups is 1. The molecule has 0 saturated carbocycles. The molecule has 0 saturated heterocycles. The monoisotopic (exact) mass is 114 g/mol. The Morgan fingerprint density at radius 2 is 2.50 bits per heavy atom. The lowest BCUT2D eigenvalue weighted by atomic mass is 10.5. The van der Waals surface area contributed by atoms with Crippen molar-refractivity contribution in [2.75, 3.05) is 6.54 Å². The van der Waals surface area contributed by atoms with E-state index in [2.05, 4.69) is 0 Å². The van der Waals surface area contributed by atoms with Crippen LogP contribution in [0.25, 0.3) is 0 Å². The molecule has 0 aliphatic heterocycles. The first-order chi connectivity index (χ1) is 3.77. The lowest BCUT2D eigenvalue weighted by Gasteiger charge is -1.83. The Kier molecular flexibility index (Phi) is 3.88. The highest BCUT2D eigenvalue weighted by atomic mass is 14.8. The van der Waals surface area contributed by atoms with Crippen LogP contribution in [0.4, 0.5) is 0 Å². The lowest BCUT2D eigenvalue weighted by Crippen LogP contribution is -2.77. The fourth-order valence-electron chi connectivity index (χ4n) is 0.308. The molecule has 46 valence electrons. The molecule has 0 atom stereocenters. The van der Waals surface area contributed by atoms with Crippen LogP contribution in [0.5, 0.6) is 0 Å². The molecule has 0 heterocycles. The van der Waals surface area contributed by atoms with Gasteiger partial charge in [0.05, 0.1) is 12.7 Å². The van der Waals surface area contributed by atoms with Gasteiger partial charge in [-0.05, 0) is 6.92 Å². The first kappa shape index (κ1) is 7.17. The molecule has 5 N–H and O–H groups in total. The second-order valence-electron chi connectivity index (χ2n) is 1.46. The maximum absolute atomic E-state index is 6.74. The Morgan fingerprint density at radius 3 is 2.88 bits per heavy atom. The van der Waals surface area contributed by atoms with Crippen molar-refractivity contribution in [3.05, 3.63) is 12.3 Å². The molecular weight excluding hydrogens is 102 g/mol. The average Bonchev–Trinajstić information content (AvgIpc) is 1.66. The fourth-order valence-corrected chi connectivity index (χ4v) is 0.308. The zero-order valence-corrected chi connectivity index (χ0v) is 5.02. The molecule has 0 aromatic carbocycles. The van der Waals surface area contributed by atoms with Gasteiger partial charge in [-0.1, -0.05) is 0 Å². The molecule has 0 rings (SSSR count). The molecule has 0 aromatic heterocycles. The largest absolute Gasteiger partial charge is 0.384 e. The van der Waals surface area contributed by atoms with Gasteiger partial charge in [-0.15, -0.1) is 0 Å². The molecule has 0 amide bonds. The van der Waals surface area contributed by atoms with Gasteiger partial charge >= 0.3 is 0 Å². The molecule has 0 spiro atoms. The summed E-state index contributed by atoms with van der Waals surface area (Å²) in [7, 11) is 0. The Hall–Kier alpha value is -0.830. The van der Waals surface area contributed by atoms with E-state index < -0.39 is 0 Å². The number of hydrogen-bond acceptors (Lipinski definition) is 1. The highest BCUT2D eigenvalue weighted by Crippen LogP contribution is 1.56. The van der Waals surface area contributed by atoms with Crippen LogP contribution in [-0.2, 0) is 0 Å². The molecule has 0 unspecified atom stereocenters. The summed E-state index contributed by atoms with van der Waals surface area (Å²) in [6, 6.07) is 0. The Labute approximate surface area is 49.1 Å². The van der Waals surface area contributed by atoms with E-state index in [1.165, 1.54) is 0 Å². The van der Waals surface area contributed by atoms with E-state index in [0.717, 1.165) is 6.54 Å². The number of hydrogen-bond donors (Lipinski definition) is 3. The van der Waals surface area contributed by atoms with Crippen molar-refractivity contribution in [2.24, 2.45) is 5.73 Å². The molecule has 0 radical (unpaired) electrons. The minimum atomic E-state index is 0.106. The average molecular weight is 114 g/mol. The smallest absolute Gasteiger partial charge is 0.120 e. The van der Waals surface area contributed by atoms with Gasteiger partial charge < -0.3 is 11.1 Å². The predicted octanol–water partition coefficient (Wildman–Crippen LogP) is -0.981. The summed E-state index contributed by atoms with van der Waals surface area (Å²) >= 11 is 0. The first-order valence-corrected chi connectivity index (χ1v) is 2.61. The van der Waals surface area contributed by atoms with E-state index >= 15 is 0 Å². The summed E-state index contributed by atoms with van der Waals surface area (Å²) in [6.07, 6.45) is 3.34. The number of nitrogens with one attached hydrogen (secondary N) is 1. The van der Waals surface area contributed by atoms with Gasteiger partial charge in [-0.25, -0.2) is 0 Å². The summed E-state index contributed by atoms with van der Waals surface area (Å²) in [5.41, 5.74) is 5.01. The standard InChI is InChI=1S/C5H11N3/c1-2-8-4-3-5(6)7/h3-4,8H,2H2,1H3,(H3,6,7)/p+1. The Morgan fingerprint density at radius 1 is 1.88 bits per heavy atom. The highest BCUT2D eigenvalue weighted by molar-refractivity contribution is 5.88. The van der Waals surface area contributed by atoms with E-state index in [9.17, 15) is 0 Å². The first-order valence-electron chi connectivity index (χ1n) is 2.61. The normalized spacial score (nSPS) is 10.1. The van der Waals surface area contributed by atoms with Crippen LogP contribution in [0.3, 0.4) is 0 Å². The lowest BCUT2D eigenvalue weighted by molar-refractivity contribution is -0.584. The zero-order chi connectivity index (χ0) is 6.41. The topological polar surface area (TPSA) is 66.5 Å². The van der Waals surface area contributed by atoms with Crippen molar-refractivity contribution in [3.8, 4) is 0 Å². The third-order valence-electron chi connectivity index (χ3n) is 0.648. The molecule has 8 heavy (non-hydrogen) atoms. The van der Waals surface area contributed by atoms with Gasteiger partial charge in [0.15, 0.2) is 0 Å². The third-order valence-corrected chi connectivity index (χ3v) is 0.648. The van der Waals surface area contributed by atoms with Crippen LogP contribution >= 0.6 is 0 Å². The van der Waals surface area contributed by atoms with E-state index in [-0.39, 0.29) is 5.84 Å². The highest BCUT2D eigenvalue weighted by Gasteiger charge is 1.75. The number of nitrogens with two attached hydrogens (primary N) is 2. The number of rotatable bonds is 3. The summed E-state index contributed by atoms with van der Waals surface area (Å²) in [5, 5.41) is 8.69. The number of quaternary nitrogens is 1. The van der Waals surface area contributed by atoms with Gasteiger partial charge in [-0.2, -0.15) is 0 Å². The second kappa shape index (κ2) is 4.33. The maximum Gasteiger partial charge on any atom is 0.120 e. The third kappa shape index (κ3) is 5.17. The van der Waals surface area contributed by atoms with Crippen LogP contribution < -0.4 is 11.1 Å². The van der Waals surface area contributed by atoms with Crippen LogP contribution in [0.1, 0.15) is 6.92 Å². The van der Waals surface area contributed by atoms with Gasteiger partial charge in [0, 0.05) is 6.08 Å².